The van der Waals surface area contributed by atoms with Gasteiger partial charge in [0, 0.05) is 11.8 Å². The van der Waals surface area contributed by atoms with Gasteiger partial charge in [-0.25, -0.2) is 4.79 Å². The maximum Gasteiger partial charge on any atom is 0.343 e. The molecule has 0 saturated carbocycles. The number of ketones is 1. The van der Waals surface area contributed by atoms with Crippen LogP contribution >= 0.6 is 0 Å². The monoisotopic (exact) mass is 343 g/mol. The number of hydrogen-bond donors (Lipinski definition) is 0. The summed E-state index contributed by atoms with van der Waals surface area (Å²) in [5.74, 6) is 0.0780. The molecule has 0 radical (unpaired) electrons. The van der Waals surface area contributed by atoms with Crippen molar-refractivity contribution in [3.05, 3.63) is 95.6 Å². The Balaban J connectivity index is 1.67. The Morgan fingerprint density at radius 3 is 2.23 bits per heavy atom. The van der Waals surface area contributed by atoms with E-state index < -0.39 is 5.97 Å². The third-order valence-corrected chi connectivity index (χ3v) is 3.72. The molecule has 0 aliphatic heterocycles. The van der Waals surface area contributed by atoms with Gasteiger partial charge in [-0.05, 0) is 61.0 Å². The number of hydrogen-bond acceptors (Lipinski definition) is 4. The Labute approximate surface area is 151 Å². The minimum Gasteiger partial charge on any atom is -0.423 e. The maximum absolute atomic E-state index is 12.0. The smallest absolute Gasteiger partial charge is 0.343 e. The van der Waals surface area contributed by atoms with Crippen LogP contribution in [0.4, 0.5) is 5.69 Å². The van der Waals surface area contributed by atoms with E-state index in [0.717, 1.165) is 5.56 Å². The molecule has 0 aliphatic carbocycles. The molecule has 0 fully saturated rings. The molecule has 4 nitrogen and oxygen atoms in total. The summed E-state index contributed by atoms with van der Waals surface area (Å²) in [7, 11) is 0. The second kappa shape index (κ2) is 8.03. The van der Waals surface area contributed by atoms with Gasteiger partial charge in [-0.2, -0.15) is 0 Å². The lowest BCUT2D eigenvalue weighted by molar-refractivity contribution is 0.0734. The van der Waals surface area contributed by atoms with Gasteiger partial charge in [0.25, 0.3) is 0 Å². The number of nitrogens with zero attached hydrogens (tertiary/aromatic N) is 1. The van der Waals surface area contributed by atoms with E-state index in [4.69, 9.17) is 4.74 Å². The highest BCUT2D eigenvalue weighted by Gasteiger charge is 2.07. The molecular weight excluding hydrogens is 326 g/mol. The number of aliphatic imine (C=N–C) groups is 1. The SMILES string of the molecule is CC(=O)c1cccc(N=Cc2ccc(OC(=O)c3ccccc3)cc2)c1. The van der Waals surface area contributed by atoms with E-state index in [1.54, 1.807) is 60.8 Å². The predicted molar refractivity (Wildman–Crippen MR) is 102 cm³/mol. The third kappa shape index (κ3) is 4.51. The van der Waals surface area contributed by atoms with Gasteiger partial charge in [0.05, 0.1) is 11.3 Å². The van der Waals surface area contributed by atoms with Gasteiger partial charge in [-0.1, -0.05) is 30.3 Å². The van der Waals surface area contributed by atoms with Gasteiger partial charge in [-0.15, -0.1) is 0 Å². The molecule has 3 rings (SSSR count). The van der Waals surface area contributed by atoms with Crippen LogP contribution in [0.2, 0.25) is 0 Å². The highest BCUT2D eigenvalue weighted by Crippen LogP contribution is 2.16. The highest BCUT2D eigenvalue weighted by molar-refractivity contribution is 5.95. The van der Waals surface area contributed by atoms with Crippen LogP contribution in [0.5, 0.6) is 5.75 Å². The molecule has 0 unspecified atom stereocenters. The van der Waals surface area contributed by atoms with Crippen LogP contribution in [-0.2, 0) is 0 Å². The largest absolute Gasteiger partial charge is 0.423 e. The lowest BCUT2D eigenvalue weighted by Crippen LogP contribution is -2.07. The first kappa shape index (κ1) is 17.3. The predicted octanol–water partition coefficient (Wildman–Crippen LogP) is 4.86. The van der Waals surface area contributed by atoms with E-state index in [-0.39, 0.29) is 5.78 Å². The molecule has 0 aromatic heterocycles. The summed E-state index contributed by atoms with van der Waals surface area (Å²) in [5, 5.41) is 0. The fourth-order valence-electron chi connectivity index (χ4n) is 2.32. The van der Waals surface area contributed by atoms with E-state index in [1.807, 2.05) is 24.3 Å². The molecule has 0 atom stereocenters. The number of Topliss-reactive ketones (excluding diaryl/α,β-unsaturated/α-hetero) is 1. The summed E-state index contributed by atoms with van der Waals surface area (Å²) >= 11 is 0. The fourth-order valence-corrected chi connectivity index (χ4v) is 2.32. The van der Waals surface area contributed by atoms with Crippen molar-refractivity contribution in [3.8, 4) is 5.75 Å². The maximum atomic E-state index is 12.0. The number of ether oxygens (including phenoxy) is 1. The zero-order valence-electron chi connectivity index (χ0n) is 14.3. The Morgan fingerprint density at radius 1 is 0.846 bits per heavy atom. The highest BCUT2D eigenvalue weighted by atomic mass is 16.5. The van der Waals surface area contributed by atoms with Crippen LogP contribution in [0.1, 0.15) is 33.2 Å². The average molecular weight is 343 g/mol. The van der Waals surface area contributed by atoms with E-state index in [1.165, 1.54) is 6.92 Å². The van der Waals surface area contributed by atoms with Gasteiger partial charge in [0.1, 0.15) is 5.75 Å². The van der Waals surface area contributed by atoms with Crippen LogP contribution in [0.15, 0.2) is 83.9 Å². The van der Waals surface area contributed by atoms with Crippen molar-refractivity contribution in [2.45, 2.75) is 6.92 Å². The molecule has 0 bridgehead atoms. The van der Waals surface area contributed by atoms with Crippen LogP contribution < -0.4 is 4.74 Å². The average Bonchev–Trinajstić information content (AvgIpc) is 2.68. The fraction of sp³-hybridized carbons (Fsp3) is 0.0455. The number of benzene rings is 3. The van der Waals surface area contributed by atoms with Gasteiger partial charge < -0.3 is 4.74 Å². The molecular formula is C22H17NO3. The van der Waals surface area contributed by atoms with Crippen molar-refractivity contribution < 1.29 is 14.3 Å². The van der Waals surface area contributed by atoms with Crippen LogP contribution in [0, 0.1) is 0 Å². The van der Waals surface area contributed by atoms with Crippen LogP contribution in [0.25, 0.3) is 0 Å². The minimum atomic E-state index is -0.395. The first-order chi connectivity index (χ1) is 12.6. The molecule has 0 heterocycles. The van der Waals surface area contributed by atoms with Gasteiger partial charge >= 0.3 is 5.97 Å². The number of carbonyl (C=O) groups excluding carboxylic acids is 2. The molecule has 3 aromatic carbocycles. The number of esters is 1. The molecule has 0 amide bonds. The van der Waals surface area contributed by atoms with Crippen molar-refractivity contribution in [1.82, 2.24) is 0 Å². The van der Waals surface area contributed by atoms with Crippen molar-refractivity contribution in [1.29, 1.82) is 0 Å². The molecule has 3 aromatic rings. The Morgan fingerprint density at radius 2 is 1.54 bits per heavy atom. The van der Waals surface area contributed by atoms with Crippen LogP contribution in [0.3, 0.4) is 0 Å². The Kier molecular flexibility index (Phi) is 5.34. The molecule has 0 spiro atoms. The molecule has 0 saturated heterocycles. The molecule has 4 heteroatoms. The first-order valence-corrected chi connectivity index (χ1v) is 8.14. The van der Waals surface area contributed by atoms with E-state index in [9.17, 15) is 9.59 Å². The lowest BCUT2D eigenvalue weighted by Gasteiger charge is -2.04. The third-order valence-electron chi connectivity index (χ3n) is 3.72. The first-order valence-electron chi connectivity index (χ1n) is 8.14. The van der Waals surface area contributed by atoms with Crippen molar-refractivity contribution in [3.63, 3.8) is 0 Å². The van der Waals surface area contributed by atoms with E-state index in [2.05, 4.69) is 4.99 Å². The Bertz CT molecular complexity index is 945. The summed E-state index contributed by atoms with van der Waals surface area (Å²) in [4.78, 5) is 27.8. The van der Waals surface area contributed by atoms with E-state index >= 15 is 0 Å². The summed E-state index contributed by atoms with van der Waals surface area (Å²) < 4.78 is 5.34. The summed E-state index contributed by atoms with van der Waals surface area (Å²) in [6, 6.07) is 23.0. The standard InChI is InChI=1S/C22H17NO3/c1-16(24)19-8-5-9-20(14-19)23-15-17-10-12-21(13-11-17)26-22(25)18-6-3-2-4-7-18/h2-15H,1H3. The molecule has 26 heavy (non-hydrogen) atoms. The van der Waals surface area contributed by atoms with Crippen molar-refractivity contribution in [2.24, 2.45) is 4.99 Å². The normalized spacial score (nSPS) is 10.7. The molecule has 0 N–H and O–H groups in total. The second-order valence-corrected chi connectivity index (χ2v) is 5.69. The van der Waals surface area contributed by atoms with Crippen molar-refractivity contribution >= 4 is 23.7 Å². The topological polar surface area (TPSA) is 55.7 Å². The second-order valence-electron chi connectivity index (χ2n) is 5.69. The summed E-state index contributed by atoms with van der Waals surface area (Å²) in [6.45, 7) is 1.53. The van der Waals surface area contributed by atoms with Gasteiger partial charge in [-0.3, -0.25) is 9.79 Å². The quantitative estimate of drug-likeness (QED) is 0.288. The van der Waals surface area contributed by atoms with Gasteiger partial charge in [0.2, 0.25) is 0 Å². The zero-order valence-corrected chi connectivity index (χ0v) is 14.3. The van der Waals surface area contributed by atoms with E-state index in [0.29, 0.717) is 22.6 Å². The summed E-state index contributed by atoms with van der Waals surface area (Å²) in [5.41, 5.74) is 2.70. The van der Waals surface area contributed by atoms with Crippen LogP contribution in [-0.4, -0.2) is 18.0 Å². The lowest BCUT2D eigenvalue weighted by atomic mass is 10.1. The number of carbonyl (C=O) groups is 2. The van der Waals surface area contributed by atoms with Crippen molar-refractivity contribution in [2.75, 3.05) is 0 Å². The Hall–Kier alpha value is -3.53. The molecule has 0 aliphatic rings. The number of rotatable bonds is 5. The summed E-state index contributed by atoms with van der Waals surface area (Å²) in [6.07, 6.45) is 1.70. The zero-order chi connectivity index (χ0) is 18.4. The minimum absolute atomic E-state index is 0.00614. The van der Waals surface area contributed by atoms with Gasteiger partial charge in [0.15, 0.2) is 5.78 Å². The molecule has 128 valence electrons.